The Morgan fingerprint density at radius 3 is 2.10 bits per heavy atom. The summed E-state index contributed by atoms with van der Waals surface area (Å²) in [5.74, 6) is -0.905. The molecule has 4 nitrogen and oxygen atoms in total. The maximum Gasteiger partial charge on any atom is 0.411 e. The van der Waals surface area contributed by atoms with Crippen molar-refractivity contribution in [3.63, 3.8) is 0 Å². The molecule has 1 rings (SSSR count). The van der Waals surface area contributed by atoms with Crippen LogP contribution in [-0.2, 0) is 21.2 Å². The van der Waals surface area contributed by atoms with Crippen LogP contribution in [0.15, 0.2) is 23.1 Å². The van der Waals surface area contributed by atoms with Crippen LogP contribution in [0.2, 0.25) is 0 Å². The maximum absolute atomic E-state index is 15.0. The predicted molar refractivity (Wildman–Crippen MR) is 105 cm³/mol. The lowest BCUT2D eigenvalue weighted by molar-refractivity contribution is -0.193. The number of sulfonamides is 1. The zero-order chi connectivity index (χ0) is 22.8. The monoisotopic (exact) mass is 441 g/mol. The summed E-state index contributed by atoms with van der Waals surface area (Å²) in [5, 5.41) is 0. The van der Waals surface area contributed by atoms with Crippen molar-refractivity contribution in [3.05, 3.63) is 29.6 Å². The first-order valence-electron chi connectivity index (χ1n) is 9.35. The zero-order valence-electron chi connectivity index (χ0n) is 17.9. The van der Waals surface area contributed by atoms with E-state index in [4.69, 9.17) is 4.74 Å². The number of benzene rings is 1. The van der Waals surface area contributed by atoms with Crippen molar-refractivity contribution < 1.29 is 30.7 Å². The molecular weight excluding hydrogens is 410 g/mol. The normalized spacial score (nSPS) is 16.0. The Kier molecular flexibility index (Phi) is 7.93. The predicted octanol–water partition coefficient (Wildman–Crippen LogP) is 5.07. The van der Waals surface area contributed by atoms with Gasteiger partial charge in [0.2, 0.25) is 10.0 Å². The maximum atomic E-state index is 15.0. The molecule has 2 atom stereocenters. The Balaban J connectivity index is 3.10. The van der Waals surface area contributed by atoms with E-state index in [1.165, 1.54) is 25.1 Å². The zero-order valence-corrected chi connectivity index (χ0v) is 18.8. The van der Waals surface area contributed by atoms with E-state index >= 15 is 4.39 Å². The van der Waals surface area contributed by atoms with E-state index in [0.29, 0.717) is 0 Å². The molecule has 0 heterocycles. The summed E-state index contributed by atoms with van der Waals surface area (Å²) in [5.41, 5.74) is -1.13. The highest BCUT2D eigenvalue weighted by Gasteiger charge is 2.35. The second-order valence-corrected chi connectivity index (χ2v) is 10.9. The fourth-order valence-corrected chi connectivity index (χ4v) is 4.02. The average molecular weight is 442 g/mol. The van der Waals surface area contributed by atoms with Crippen LogP contribution in [0.1, 0.15) is 54.0 Å². The van der Waals surface area contributed by atoms with Gasteiger partial charge in [0.25, 0.3) is 0 Å². The van der Waals surface area contributed by atoms with Crippen LogP contribution in [0.5, 0.6) is 0 Å². The molecule has 0 spiro atoms. The third kappa shape index (κ3) is 7.53. The first-order valence-corrected chi connectivity index (χ1v) is 10.8. The summed E-state index contributed by atoms with van der Waals surface area (Å²) < 4.78 is 85.0. The van der Waals surface area contributed by atoms with Gasteiger partial charge in [0.05, 0.1) is 6.10 Å². The van der Waals surface area contributed by atoms with Crippen molar-refractivity contribution in [2.24, 2.45) is 10.8 Å². The van der Waals surface area contributed by atoms with Gasteiger partial charge < -0.3 is 4.74 Å². The quantitative estimate of drug-likeness (QED) is 0.573. The number of halogens is 4. The van der Waals surface area contributed by atoms with E-state index in [1.807, 2.05) is 20.8 Å². The van der Waals surface area contributed by atoms with Crippen LogP contribution in [0.25, 0.3) is 0 Å². The molecule has 0 radical (unpaired) electrons. The molecule has 1 N–H and O–H groups in total. The second-order valence-electron chi connectivity index (χ2n) is 9.17. The van der Waals surface area contributed by atoms with Crippen molar-refractivity contribution >= 4 is 10.0 Å². The highest BCUT2D eigenvalue weighted by atomic mass is 32.2. The Morgan fingerprint density at radius 1 is 1.07 bits per heavy atom. The molecular formula is C20H31F4NO3S. The molecule has 0 saturated carbocycles. The molecule has 0 aliphatic carbocycles. The lowest BCUT2D eigenvalue weighted by atomic mass is 9.81. The molecule has 0 aromatic heterocycles. The highest BCUT2D eigenvalue weighted by molar-refractivity contribution is 7.89. The second kappa shape index (κ2) is 8.89. The minimum Gasteiger partial charge on any atom is -0.369 e. The average Bonchev–Trinajstić information content (AvgIpc) is 2.52. The first kappa shape index (κ1) is 25.8. The minimum absolute atomic E-state index is 0.00996. The van der Waals surface area contributed by atoms with Crippen LogP contribution in [0.3, 0.4) is 0 Å². The van der Waals surface area contributed by atoms with E-state index in [-0.39, 0.29) is 17.4 Å². The molecule has 1 aromatic rings. The van der Waals surface area contributed by atoms with Crippen molar-refractivity contribution in [2.75, 3.05) is 6.61 Å². The number of hydrogen-bond donors (Lipinski definition) is 1. The Morgan fingerprint density at radius 2 is 1.62 bits per heavy atom. The fraction of sp³-hybridized carbons (Fsp3) is 0.700. The van der Waals surface area contributed by atoms with Crippen LogP contribution >= 0.6 is 0 Å². The number of hydrogen-bond acceptors (Lipinski definition) is 3. The Hall–Kier alpha value is -1.19. The SMILES string of the molecule is CC(OCC(F)(F)F)C(C)(C)Cc1cccc(S(=O)(=O)N[C@@H](C)C(C)(C)C)c1F. The van der Waals surface area contributed by atoms with E-state index < -0.39 is 51.1 Å². The molecule has 29 heavy (non-hydrogen) atoms. The van der Waals surface area contributed by atoms with Gasteiger partial charge in [-0.1, -0.05) is 46.8 Å². The summed E-state index contributed by atoms with van der Waals surface area (Å²) in [4.78, 5) is -0.481. The molecule has 0 aliphatic rings. The number of nitrogens with one attached hydrogen (secondary N) is 1. The third-order valence-corrected chi connectivity index (χ3v) is 6.77. The van der Waals surface area contributed by atoms with Crippen LogP contribution < -0.4 is 4.72 Å². The Labute approximate surface area is 171 Å². The van der Waals surface area contributed by atoms with Gasteiger partial charge in [-0.05, 0) is 42.7 Å². The van der Waals surface area contributed by atoms with Crippen molar-refractivity contribution in [1.29, 1.82) is 0 Å². The van der Waals surface area contributed by atoms with E-state index in [0.717, 1.165) is 0 Å². The number of ether oxygens (including phenoxy) is 1. The molecule has 0 aliphatic heterocycles. The molecule has 168 valence electrons. The molecule has 0 bridgehead atoms. The van der Waals surface area contributed by atoms with E-state index in [9.17, 15) is 21.6 Å². The fourth-order valence-electron chi connectivity index (χ4n) is 2.45. The van der Waals surface area contributed by atoms with Crippen molar-refractivity contribution in [1.82, 2.24) is 4.72 Å². The summed E-state index contributed by atoms with van der Waals surface area (Å²) in [6.07, 6.45) is -5.28. The molecule has 1 aromatic carbocycles. The van der Waals surface area contributed by atoms with Gasteiger partial charge in [-0.2, -0.15) is 13.2 Å². The number of alkyl halides is 3. The molecule has 0 fully saturated rings. The highest BCUT2D eigenvalue weighted by Crippen LogP contribution is 2.32. The van der Waals surface area contributed by atoms with Crippen LogP contribution in [0.4, 0.5) is 17.6 Å². The van der Waals surface area contributed by atoms with Gasteiger partial charge in [-0.3, -0.25) is 0 Å². The van der Waals surface area contributed by atoms with Crippen molar-refractivity contribution in [3.8, 4) is 0 Å². The lowest BCUT2D eigenvalue weighted by Gasteiger charge is -2.32. The van der Waals surface area contributed by atoms with Gasteiger partial charge in [-0.25, -0.2) is 17.5 Å². The van der Waals surface area contributed by atoms with Gasteiger partial charge in [0, 0.05) is 6.04 Å². The van der Waals surface area contributed by atoms with Gasteiger partial charge in [-0.15, -0.1) is 0 Å². The topological polar surface area (TPSA) is 55.4 Å². The summed E-state index contributed by atoms with van der Waals surface area (Å²) in [6, 6.07) is 3.58. The molecule has 9 heteroatoms. The molecule has 0 amide bonds. The lowest BCUT2D eigenvalue weighted by Crippen LogP contribution is -2.41. The van der Waals surface area contributed by atoms with Gasteiger partial charge in [0.15, 0.2) is 0 Å². The summed E-state index contributed by atoms with van der Waals surface area (Å²) in [6.45, 7) is 10.7. The third-order valence-electron chi connectivity index (χ3n) is 5.21. The van der Waals surface area contributed by atoms with Gasteiger partial charge >= 0.3 is 6.18 Å². The van der Waals surface area contributed by atoms with E-state index in [1.54, 1.807) is 20.8 Å². The first-order chi connectivity index (χ1) is 12.9. The molecule has 1 unspecified atom stereocenters. The summed E-state index contributed by atoms with van der Waals surface area (Å²) in [7, 11) is -4.11. The van der Waals surface area contributed by atoms with Crippen LogP contribution in [0, 0.1) is 16.6 Å². The van der Waals surface area contributed by atoms with Crippen molar-refractivity contribution in [2.45, 2.75) is 78.1 Å². The number of rotatable bonds is 8. The Bertz CT molecular complexity index is 799. The largest absolute Gasteiger partial charge is 0.411 e. The van der Waals surface area contributed by atoms with Crippen LogP contribution in [-0.4, -0.2) is 33.3 Å². The van der Waals surface area contributed by atoms with E-state index in [2.05, 4.69) is 4.72 Å². The standard InChI is InChI=1S/C20H31F4NO3S/c1-13(18(3,4)5)25-29(26,27)16-10-8-9-15(17(16)21)11-19(6,7)14(2)28-12-20(22,23)24/h8-10,13-14,25H,11-12H2,1-7H3/t13-,14?/m0/s1. The smallest absolute Gasteiger partial charge is 0.369 e. The van der Waals surface area contributed by atoms with Gasteiger partial charge in [0.1, 0.15) is 17.3 Å². The minimum atomic E-state index is -4.46. The summed E-state index contributed by atoms with van der Waals surface area (Å²) >= 11 is 0. The molecule has 0 saturated heterocycles.